The zero-order valence-electron chi connectivity index (χ0n) is 14.8. The molecule has 2 aliphatic rings. The first kappa shape index (κ1) is 19.3. The Morgan fingerprint density at radius 2 is 2.31 bits per heavy atom. The van der Waals surface area contributed by atoms with Crippen LogP contribution in [-0.4, -0.2) is 50.7 Å². The number of aryl methyl sites for hydroxylation is 1. The Labute approximate surface area is 157 Å². The molecule has 26 heavy (non-hydrogen) atoms. The van der Waals surface area contributed by atoms with E-state index in [1.807, 2.05) is 11.8 Å². The van der Waals surface area contributed by atoms with Gasteiger partial charge in [-0.2, -0.15) is 11.8 Å². The van der Waals surface area contributed by atoms with Crippen molar-refractivity contribution in [3.63, 3.8) is 0 Å². The number of amides is 2. The van der Waals surface area contributed by atoms with E-state index in [1.54, 1.807) is 17.8 Å². The first-order chi connectivity index (χ1) is 12.6. The van der Waals surface area contributed by atoms with Crippen LogP contribution >= 0.6 is 19.1 Å². The number of carbonyl (C=O) groups is 1. The van der Waals surface area contributed by atoms with Gasteiger partial charge >= 0.3 is 13.4 Å². The molecule has 1 aromatic heterocycles. The van der Waals surface area contributed by atoms with Crippen LogP contribution < -0.4 is 16.1 Å². The van der Waals surface area contributed by atoms with Crippen LogP contribution in [-0.2, 0) is 15.6 Å². The summed E-state index contributed by atoms with van der Waals surface area (Å²) in [5.74, 6) is 0.991. The number of hydrogen-bond acceptors (Lipinski definition) is 6. The Morgan fingerprint density at radius 1 is 1.46 bits per heavy atom. The van der Waals surface area contributed by atoms with Gasteiger partial charge in [0.15, 0.2) is 5.44 Å². The lowest BCUT2D eigenvalue weighted by molar-refractivity contribution is 0.247. The summed E-state index contributed by atoms with van der Waals surface area (Å²) in [5.41, 5.74) is 2.45. The number of hydrogen-bond donors (Lipinski definition) is 2. The number of carbonyl (C=O) groups excluding carboxylic acids is 1. The van der Waals surface area contributed by atoms with E-state index in [2.05, 4.69) is 26.6 Å². The highest BCUT2D eigenvalue weighted by Gasteiger charge is 2.42. The molecular formula is C16H24N5O3PS. The zero-order valence-corrected chi connectivity index (χ0v) is 16.5. The van der Waals surface area contributed by atoms with E-state index in [0.717, 1.165) is 31.4 Å². The van der Waals surface area contributed by atoms with Crippen molar-refractivity contribution in [3.8, 4) is 12.1 Å². The van der Waals surface area contributed by atoms with Gasteiger partial charge in [-0.3, -0.25) is 9.25 Å². The third kappa shape index (κ3) is 4.25. The second-order valence-electron chi connectivity index (χ2n) is 6.41. The third-order valence-corrected chi connectivity index (χ3v) is 7.90. The van der Waals surface area contributed by atoms with Crippen LogP contribution in [0.1, 0.15) is 32.6 Å². The molecule has 3 rings (SSSR count). The quantitative estimate of drug-likeness (QED) is 0.284. The van der Waals surface area contributed by atoms with Gasteiger partial charge in [0, 0.05) is 17.5 Å². The van der Waals surface area contributed by atoms with Crippen molar-refractivity contribution in [2.75, 3.05) is 12.4 Å². The Morgan fingerprint density at radius 3 is 3.08 bits per heavy atom. The molecule has 2 aliphatic heterocycles. The highest BCUT2D eigenvalue weighted by Crippen LogP contribution is 2.43. The summed E-state index contributed by atoms with van der Waals surface area (Å²) < 4.78 is 19.3. The van der Waals surface area contributed by atoms with Gasteiger partial charge < -0.3 is 15.2 Å². The van der Waals surface area contributed by atoms with Gasteiger partial charge in [-0.1, -0.05) is 18.1 Å². The smallest absolute Gasteiger partial charge is 0.324 e. The summed E-state index contributed by atoms with van der Waals surface area (Å²) in [7, 11) is -3.32. The van der Waals surface area contributed by atoms with Crippen LogP contribution in [0.25, 0.3) is 0 Å². The normalized spacial score (nSPS) is 26.6. The van der Waals surface area contributed by atoms with E-state index in [-0.39, 0.29) is 30.2 Å². The molecule has 0 bridgehead atoms. The lowest BCUT2D eigenvalue weighted by Crippen LogP contribution is -2.36. The van der Waals surface area contributed by atoms with Gasteiger partial charge in [-0.25, -0.2) is 4.79 Å². The van der Waals surface area contributed by atoms with E-state index < -0.39 is 7.37 Å². The van der Waals surface area contributed by atoms with Crippen molar-refractivity contribution >= 4 is 30.6 Å². The first-order valence-corrected chi connectivity index (χ1v) is 11.5. The van der Waals surface area contributed by atoms with Crippen molar-refractivity contribution in [1.29, 1.82) is 0 Å². The molecule has 1 aromatic rings. The van der Waals surface area contributed by atoms with Crippen LogP contribution in [0.5, 0.6) is 0 Å². The fourth-order valence-electron chi connectivity index (χ4n) is 3.32. The maximum absolute atomic E-state index is 12.4. The number of thioether (sulfide) groups is 1. The van der Waals surface area contributed by atoms with Gasteiger partial charge in [0.1, 0.15) is 0 Å². The summed E-state index contributed by atoms with van der Waals surface area (Å²) in [4.78, 5) is 11.4. The Kier molecular flexibility index (Phi) is 6.28. The summed E-state index contributed by atoms with van der Waals surface area (Å²) in [5, 5.41) is 14.4. The highest BCUT2D eigenvalue weighted by atomic mass is 32.2. The van der Waals surface area contributed by atoms with E-state index >= 15 is 0 Å². The predicted octanol–water partition coefficient (Wildman–Crippen LogP) is 1.53. The fourth-order valence-corrected chi connectivity index (χ4v) is 6.01. The number of aromatic nitrogens is 3. The third-order valence-electron chi connectivity index (χ3n) is 4.62. The van der Waals surface area contributed by atoms with Crippen LogP contribution in [0.15, 0.2) is 6.20 Å². The second kappa shape index (κ2) is 8.47. The number of nitrogens with zero attached hydrogens (tertiary/aromatic N) is 3. The average Bonchev–Trinajstić information content (AvgIpc) is 3.32. The van der Waals surface area contributed by atoms with Crippen molar-refractivity contribution < 1.29 is 13.9 Å². The molecule has 3 heterocycles. The minimum Gasteiger partial charge on any atom is -0.332 e. The molecule has 2 saturated heterocycles. The molecule has 4 unspecified atom stereocenters. The minimum atomic E-state index is -3.32. The maximum Gasteiger partial charge on any atom is 0.324 e. The first-order valence-electron chi connectivity index (χ1n) is 8.87. The molecule has 0 spiro atoms. The number of urea groups is 1. The molecule has 142 valence electrons. The van der Waals surface area contributed by atoms with Crippen molar-refractivity contribution in [1.82, 2.24) is 25.6 Å². The summed E-state index contributed by atoms with van der Waals surface area (Å²) in [6.07, 6.45) is 11.1. The van der Waals surface area contributed by atoms with Gasteiger partial charge in [0.05, 0.1) is 24.9 Å². The molecule has 0 aromatic carbocycles. The van der Waals surface area contributed by atoms with E-state index in [4.69, 9.17) is 10.9 Å². The number of nitrogens with one attached hydrogen (secondary N) is 2. The van der Waals surface area contributed by atoms with Crippen molar-refractivity contribution in [2.24, 2.45) is 0 Å². The largest absolute Gasteiger partial charge is 0.332 e. The molecule has 4 atom stereocenters. The Bertz CT molecular complexity index is 734. The number of fused-ring (bicyclic) bond motifs is 1. The van der Waals surface area contributed by atoms with Gasteiger partial charge in [0.25, 0.3) is 0 Å². The Balaban J connectivity index is 1.39. The second-order valence-corrected chi connectivity index (χ2v) is 9.76. The number of rotatable bonds is 9. The number of unbranched alkanes of at least 4 members (excludes halogenated alkanes) is 2. The van der Waals surface area contributed by atoms with E-state index in [9.17, 15) is 9.36 Å². The van der Waals surface area contributed by atoms with Gasteiger partial charge in [0.2, 0.25) is 0 Å². The molecule has 2 amide bonds. The molecular weight excluding hydrogens is 373 g/mol. The standard InChI is InChI=1S/C16H24N5O3PS/c1-3-24-25(23,4-2)14-10-21(20-19-14)9-7-5-6-8-13-15-12(11-26-13)17-16(22)18-15/h2,10,12-13,15H,3,5-9,11H2,1H3,(H2,17,18,22). The van der Waals surface area contributed by atoms with E-state index in [1.165, 1.54) is 0 Å². The zero-order chi connectivity index (χ0) is 18.6. The van der Waals surface area contributed by atoms with Crippen molar-refractivity contribution in [3.05, 3.63) is 6.20 Å². The summed E-state index contributed by atoms with van der Waals surface area (Å²) in [6.45, 7) is 2.71. The van der Waals surface area contributed by atoms with Gasteiger partial charge in [-0.05, 0) is 25.4 Å². The molecule has 0 radical (unpaired) electrons. The SMILES string of the molecule is C#CP(=O)(OCC)c1cn(CCCCCC2SCC3NC(=O)NC32)nn1. The lowest BCUT2D eigenvalue weighted by Gasteiger charge is -2.16. The van der Waals surface area contributed by atoms with Gasteiger partial charge in [-0.15, -0.1) is 11.5 Å². The van der Waals surface area contributed by atoms with Crippen LogP contribution in [0, 0.1) is 12.1 Å². The Hall–Kier alpha value is -1.49. The molecule has 2 N–H and O–H groups in total. The topological polar surface area (TPSA) is 98.1 Å². The highest BCUT2D eigenvalue weighted by molar-refractivity contribution is 8.00. The molecule has 0 aliphatic carbocycles. The minimum absolute atomic E-state index is 0.0383. The molecule has 10 heteroatoms. The molecule has 0 saturated carbocycles. The summed E-state index contributed by atoms with van der Waals surface area (Å²) in [6, 6.07) is 0.508. The fraction of sp³-hybridized carbons (Fsp3) is 0.688. The lowest BCUT2D eigenvalue weighted by atomic mass is 10.0. The molecule has 8 nitrogen and oxygen atoms in total. The predicted molar refractivity (Wildman–Crippen MR) is 102 cm³/mol. The van der Waals surface area contributed by atoms with Crippen molar-refractivity contribution in [2.45, 2.75) is 56.5 Å². The van der Waals surface area contributed by atoms with Crippen LogP contribution in [0.2, 0.25) is 0 Å². The average molecular weight is 397 g/mol. The van der Waals surface area contributed by atoms with E-state index in [0.29, 0.717) is 11.8 Å². The monoisotopic (exact) mass is 397 g/mol. The maximum atomic E-state index is 12.4. The van der Waals surface area contributed by atoms with Crippen LogP contribution in [0.3, 0.4) is 0 Å². The summed E-state index contributed by atoms with van der Waals surface area (Å²) >= 11 is 1.94. The number of terminal acetylenes is 1. The van der Waals surface area contributed by atoms with Crippen LogP contribution in [0.4, 0.5) is 4.79 Å². The molecule has 2 fully saturated rings.